The molecule has 1 aliphatic carbocycles. The second kappa shape index (κ2) is 7.71. The lowest BCUT2D eigenvalue weighted by molar-refractivity contribution is 0.271. The normalized spacial score (nSPS) is 27.1. The Labute approximate surface area is 117 Å². The summed E-state index contributed by atoms with van der Waals surface area (Å²) >= 11 is 5.64. The maximum atomic E-state index is 11.7. The van der Waals surface area contributed by atoms with Crippen LogP contribution in [0.4, 0.5) is 0 Å². The van der Waals surface area contributed by atoms with E-state index < -0.39 is 10.0 Å². The molecule has 0 radical (unpaired) electrons. The van der Waals surface area contributed by atoms with Gasteiger partial charge in [-0.3, -0.25) is 0 Å². The van der Waals surface area contributed by atoms with Gasteiger partial charge in [0, 0.05) is 12.4 Å². The average Bonchev–Trinajstić information content (AvgIpc) is 2.28. The molecule has 5 heteroatoms. The van der Waals surface area contributed by atoms with Crippen molar-refractivity contribution in [3.63, 3.8) is 0 Å². The second-order valence-corrected chi connectivity index (χ2v) is 8.02. The first-order valence-corrected chi connectivity index (χ1v) is 9.15. The number of hydrogen-bond donors (Lipinski definition) is 1. The molecule has 1 aliphatic rings. The maximum absolute atomic E-state index is 11.7. The molecule has 1 fully saturated rings. The van der Waals surface area contributed by atoms with Crippen molar-refractivity contribution >= 4 is 21.6 Å². The van der Waals surface area contributed by atoms with Crippen LogP contribution in [0.25, 0.3) is 0 Å². The van der Waals surface area contributed by atoms with Crippen LogP contribution in [0.2, 0.25) is 0 Å². The van der Waals surface area contributed by atoms with Gasteiger partial charge >= 0.3 is 0 Å². The fraction of sp³-hybridized carbons (Fsp3) is 1.00. The molecule has 0 aromatic carbocycles. The highest BCUT2D eigenvalue weighted by molar-refractivity contribution is 7.89. The Morgan fingerprint density at radius 3 is 2.72 bits per heavy atom. The van der Waals surface area contributed by atoms with Crippen LogP contribution in [0.1, 0.15) is 46.0 Å². The van der Waals surface area contributed by atoms with E-state index in [2.05, 4.69) is 11.6 Å². The summed E-state index contributed by atoms with van der Waals surface area (Å²) in [5.74, 6) is 2.04. The number of rotatable bonds is 7. The zero-order valence-electron chi connectivity index (χ0n) is 11.5. The summed E-state index contributed by atoms with van der Waals surface area (Å²) in [4.78, 5) is 0. The number of halogens is 1. The molecule has 1 saturated carbocycles. The van der Waals surface area contributed by atoms with Crippen molar-refractivity contribution in [1.29, 1.82) is 0 Å². The predicted molar refractivity (Wildman–Crippen MR) is 77.4 cm³/mol. The van der Waals surface area contributed by atoms with Crippen molar-refractivity contribution in [1.82, 2.24) is 4.72 Å². The Kier molecular flexibility index (Phi) is 6.96. The van der Waals surface area contributed by atoms with Gasteiger partial charge in [0.2, 0.25) is 10.0 Å². The highest BCUT2D eigenvalue weighted by Gasteiger charge is 2.20. The van der Waals surface area contributed by atoms with Gasteiger partial charge < -0.3 is 0 Å². The van der Waals surface area contributed by atoms with Crippen LogP contribution in [-0.2, 0) is 10.0 Å². The van der Waals surface area contributed by atoms with Crippen molar-refractivity contribution in [2.75, 3.05) is 18.2 Å². The number of hydrogen-bond acceptors (Lipinski definition) is 2. The van der Waals surface area contributed by atoms with E-state index in [1.165, 1.54) is 25.7 Å². The van der Waals surface area contributed by atoms with Crippen molar-refractivity contribution in [2.24, 2.45) is 17.8 Å². The van der Waals surface area contributed by atoms with E-state index in [4.69, 9.17) is 11.6 Å². The zero-order chi connectivity index (χ0) is 13.6. The summed E-state index contributed by atoms with van der Waals surface area (Å²) < 4.78 is 26.2. The van der Waals surface area contributed by atoms with Gasteiger partial charge in [0.05, 0.1) is 5.75 Å². The predicted octanol–water partition coefficient (Wildman–Crippen LogP) is 3.00. The molecule has 3 atom stereocenters. The molecule has 0 spiro atoms. The van der Waals surface area contributed by atoms with Gasteiger partial charge in [-0.15, -0.1) is 11.6 Å². The summed E-state index contributed by atoms with van der Waals surface area (Å²) in [6.45, 7) is 4.72. The topological polar surface area (TPSA) is 46.2 Å². The minimum absolute atomic E-state index is 0.0128. The molecule has 1 N–H and O–H groups in total. The van der Waals surface area contributed by atoms with Gasteiger partial charge in [0.15, 0.2) is 0 Å². The van der Waals surface area contributed by atoms with E-state index in [1.807, 2.05) is 6.92 Å². The molecular formula is C13H26ClNO2S. The Morgan fingerprint density at radius 2 is 2.11 bits per heavy atom. The fourth-order valence-electron chi connectivity index (χ4n) is 2.72. The lowest BCUT2D eigenvalue weighted by Crippen LogP contribution is -2.31. The largest absolute Gasteiger partial charge is 0.215 e. The van der Waals surface area contributed by atoms with Gasteiger partial charge in [-0.1, -0.05) is 33.1 Å². The monoisotopic (exact) mass is 295 g/mol. The lowest BCUT2D eigenvalue weighted by Gasteiger charge is -2.26. The third-order valence-electron chi connectivity index (χ3n) is 3.69. The third kappa shape index (κ3) is 6.39. The summed E-state index contributed by atoms with van der Waals surface area (Å²) in [6.07, 6.45) is 6.10. The number of alkyl halides is 1. The summed E-state index contributed by atoms with van der Waals surface area (Å²) in [7, 11) is -3.14. The molecule has 0 amide bonds. The first-order valence-electron chi connectivity index (χ1n) is 6.96. The summed E-state index contributed by atoms with van der Waals surface area (Å²) in [5, 5.41) is 0. The molecule has 3 unspecified atom stereocenters. The van der Waals surface area contributed by atoms with E-state index in [0.717, 1.165) is 12.3 Å². The summed E-state index contributed by atoms with van der Waals surface area (Å²) in [6, 6.07) is 0. The van der Waals surface area contributed by atoms with Gasteiger partial charge in [0.1, 0.15) is 0 Å². The Balaban J connectivity index is 2.24. The molecule has 108 valence electrons. The average molecular weight is 296 g/mol. The smallest absolute Gasteiger partial charge is 0.211 e. The van der Waals surface area contributed by atoms with Crippen molar-refractivity contribution < 1.29 is 8.42 Å². The van der Waals surface area contributed by atoms with Gasteiger partial charge in [-0.2, -0.15) is 0 Å². The molecule has 0 heterocycles. The Bertz CT molecular complexity index is 332. The highest BCUT2D eigenvalue weighted by atomic mass is 35.5. The number of sulfonamides is 1. The molecule has 0 aliphatic heterocycles. The van der Waals surface area contributed by atoms with Crippen LogP contribution in [0, 0.1) is 17.8 Å². The third-order valence-corrected chi connectivity index (χ3v) is 5.87. The Hall–Kier alpha value is 0.200. The maximum Gasteiger partial charge on any atom is 0.211 e. The number of nitrogens with one attached hydrogen (secondary N) is 1. The van der Waals surface area contributed by atoms with Crippen molar-refractivity contribution in [2.45, 2.75) is 46.0 Å². The molecule has 1 rings (SSSR count). The highest BCUT2D eigenvalue weighted by Crippen LogP contribution is 2.30. The van der Waals surface area contributed by atoms with E-state index in [0.29, 0.717) is 18.3 Å². The van der Waals surface area contributed by atoms with Gasteiger partial charge in [-0.05, 0) is 30.6 Å². The minimum Gasteiger partial charge on any atom is -0.215 e. The van der Waals surface area contributed by atoms with Crippen LogP contribution in [-0.4, -0.2) is 26.6 Å². The van der Waals surface area contributed by atoms with Crippen LogP contribution < -0.4 is 4.72 Å². The summed E-state index contributed by atoms with van der Waals surface area (Å²) in [5.41, 5.74) is 0. The van der Waals surface area contributed by atoms with Crippen LogP contribution in [0.5, 0.6) is 0 Å². The fourth-order valence-corrected chi connectivity index (χ4v) is 4.37. The first kappa shape index (κ1) is 16.3. The van der Waals surface area contributed by atoms with Crippen LogP contribution >= 0.6 is 11.6 Å². The molecule has 3 nitrogen and oxygen atoms in total. The Morgan fingerprint density at radius 1 is 1.39 bits per heavy atom. The first-order chi connectivity index (χ1) is 8.43. The molecule has 0 aromatic rings. The zero-order valence-corrected chi connectivity index (χ0v) is 13.1. The van der Waals surface area contributed by atoms with Crippen molar-refractivity contribution in [3.05, 3.63) is 0 Å². The van der Waals surface area contributed by atoms with E-state index >= 15 is 0 Å². The molecule has 18 heavy (non-hydrogen) atoms. The molecule has 0 aromatic heterocycles. The standard InChI is InChI=1S/C13H26ClNO2S/c1-11-4-3-5-13(8-11)6-7-15-18(16,17)10-12(2)9-14/h11-13,15H,3-10H2,1-2H3. The van der Waals surface area contributed by atoms with E-state index in [-0.39, 0.29) is 11.7 Å². The van der Waals surface area contributed by atoms with Crippen LogP contribution in [0.15, 0.2) is 0 Å². The minimum atomic E-state index is -3.14. The second-order valence-electron chi connectivity index (χ2n) is 5.86. The molecular weight excluding hydrogens is 270 g/mol. The molecule has 0 bridgehead atoms. The lowest BCUT2D eigenvalue weighted by atomic mass is 9.81. The van der Waals surface area contributed by atoms with Crippen molar-refractivity contribution in [3.8, 4) is 0 Å². The van der Waals surface area contributed by atoms with Gasteiger partial charge in [-0.25, -0.2) is 13.1 Å². The molecule has 0 saturated heterocycles. The SMILES string of the molecule is CC1CCCC(CCNS(=O)(=O)CC(C)CCl)C1. The van der Waals surface area contributed by atoms with E-state index in [1.54, 1.807) is 0 Å². The van der Waals surface area contributed by atoms with Crippen LogP contribution in [0.3, 0.4) is 0 Å². The van der Waals surface area contributed by atoms with E-state index in [9.17, 15) is 8.42 Å². The van der Waals surface area contributed by atoms with Gasteiger partial charge in [0.25, 0.3) is 0 Å². The quantitative estimate of drug-likeness (QED) is 0.734.